The van der Waals surface area contributed by atoms with Crippen molar-refractivity contribution in [2.24, 2.45) is 0 Å². The molecule has 1 aromatic carbocycles. The number of carbonyl (C=O) groups is 1. The average molecular weight is 346 g/mol. The molecule has 1 amide bonds. The van der Waals surface area contributed by atoms with Gasteiger partial charge >= 0.3 is 0 Å². The van der Waals surface area contributed by atoms with Crippen molar-refractivity contribution in [1.29, 1.82) is 0 Å². The van der Waals surface area contributed by atoms with Gasteiger partial charge in [-0.25, -0.2) is 0 Å². The van der Waals surface area contributed by atoms with Crippen LogP contribution in [0.4, 0.5) is 0 Å². The summed E-state index contributed by atoms with van der Waals surface area (Å²) in [6.45, 7) is 4.36. The highest BCUT2D eigenvalue weighted by molar-refractivity contribution is 5.76. The number of benzene rings is 1. The van der Waals surface area contributed by atoms with E-state index >= 15 is 0 Å². The summed E-state index contributed by atoms with van der Waals surface area (Å²) in [6.07, 6.45) is 16.1. The van der Waals surface area contributed by atoms with E-state index in [4.69, 9.17) is 0 Å². The first-order valence-corrected chi connectivity index (χ1v) is 10.6. The molecule has 1 N–H and O–H groups in total. The van der Waals surface area contributed by atoms with Crippen LogP contribution in [0.1, 0.15) is 96.5 Å². The molecular formula is C23H39NO. The molecule has 0 saturated heterocycles. The van der Waals surface area contributed by atoms with Gasteiger partial charge in [0.2, 0.25) is 5.91 Å². The van der Waals surface area contributed by atoms with Crippen LogP contribution >= 0.6 is 0 Å². The maximum atomic E-state index is 12.0. The van der Waals surface area contributed by atoms with Crippen LogP contribution in [-0.4, -0.2) is 11.9 Å². The second-order valence-electron chi connectivity index (χ2n) is 7.44. The smallest absolute Gasteiger partial charge is 0.220 e. The Hall–Kier alpha value is -1.31. The Labute approximate surface area is 155 Å². The molecule has 0 saturated carbocycles. The van der Waals surface area contributed by atoms with Crippen molar-refractivity contribution in [1.82, 2.24) is 5.32 Å². The van der Waals surface area contributed by atoms with E-state index in [1.54, 1.807) is 0 Å². The minimum atomic E-state index is 0.208. The number of unbranched alkanes of at least 4 members (excludes halogenated alkanes) is 10. The molecule has 0 unspecified atom stereocenters. The first kappa shape index (κ1) is 21.7. The second-order valence-corrected chi connectivity index (χ2v) is 7.44. The van der Waals surface area contributed by atoms with E-state index in [0.717, 1.165) is 12.8 Å². The Kier molecular flexibility index (Phi) is 13.0. The van der Waals surface area contributed by atoms with Gasteiger partial charge in [-0.2, -0.15) is 0 Å². The van der Waals surface area contributed by atoms with Gasteiger partial charge in [0.05, 0.1) is 0 Å². The summed E-state index contributed by atoms with van der Waals surface area (Å²) in [5.74, 6) is 0.208. The molecule has 0 radical (unpaired) electrons. The zero-order chi connectivity index (χ0) is 18.2. The van der Waals surface area contributed by atoms with Gasteiger partial charge in [0.25, 0.3) is 0 Å². The molecule has 0 aromatic heterocycles. The molecule has 0 fully saturated rings. The molecule has 25 heavy (non-hydrogen) atoms. The summed E-state index contributed by atoms with van der Waals surface area (Å²) in [6, 6.07) is 10.6. The van der Waals surface area contributed by atoms with Crippen LogP contribution in [0.2, 0.25) is 0 Å². The summed E-state index contributed by atoms with van der Waals surface area (Å²) < 4.78 is 0. The Morgan fingerprint density at radius 3 is 1.92 bits per heavy atom. The Bertz CT molecular complexity index is 429. The molecule has 1 atom stereocenters. The number of nitrogens with one attached hydrogen (secondary N) is 1. The molecule has 0 aliphatic heterocycles. The zero-order valence-corrected chi connectivity index (χ0v) is 16.6. The van der Waals surface area contributed by atoms with Crippen molar-refractivity contribution in [2.75, 3.05) is 0 Å². The highest BCUT2D eigenvalue weighted by Crippen LogP contribution is 2.12. The number of amides is 1. The van der Waals surface area contributed by atoms with Crippen LogP contribution < -0.4 is 5.32 Å². The van der Waals surface area contributed by atoms with Gasteiger partial charge in [-0.3, -0.25) is 4.79 Å². The molecule has 142 valence electrons. The van der Waals surface area contributed by atoms with Gasteiger partial charge in [-0.1, -0.05) is 101 Å². The predicted molar refractivity (Wildman–Crippen MR) is 109 cm³/mol. The Morgan fingerprint density at radius 1 is 0.840 bits per heavy atom. The molecule has 2 nitrogen and oxygen atoms in total. The van der Waals surface area contributed by atoms with Crippen molar-refractivity contribution >= 4 is 5.91 Å². The fourth-order valence-corrected chi connectivity index (χ4v) is 3.32. The largest absolute Gasteiger partial charge is 0.353 e. The minimum Gasteiger partial charge on any atom is -0.353 e. The fraction of sp³-hybridized carbons (Fsp3) is 0.696. The first-order chi connectivity index (χ1) is 12.2. The highest BCUT2D eigenvalue weighted by atomic mass is 16.1. The molecule has 0 spiro atoms. The minimum absolute atomic E-state index is 0.208. The molecule has 1 aromatic rings. The van der Waals surface area contributed by atoms with Gasteiger partial charge in [0.1, 0.15) is 0 Å². The van der Waals surface area contributed by atoms with Crippen molar-refractivity contribution in [3.8, 4) is 0 Å². The monoisotopic (exact) mass is 345 g/mol. The standard InChI is InChI=1S/C23H39NO/c1-3-4-5-6-7-8-9-10-11-12-16-19-23(25)24-21(2)20-22-17-14-13-15-18-22/h13-15,17-18,21H,3-12,16,19-20H2,1-2H3,(H,24,25)/t21-/m1/s1. The summed E-state index contributed by atoms with van der Waals surface area (Å²) in [5.41, 5.74) is 1.28. The summed E-state index contributed by atoms with van der Waals surface area (Å²) in [7, 11) is 0. The maximum Gasteiger partial charge on any atom is 0.220 e. The molecule has 1 rings (SSSR count). The lowest BCUT2D eigenvalue weighted by Gasteiger charge is -2.14. The third-order valence-electron chi connectivity index (χ3n) is 4.80. The van der Waals surface area contributed by atoms with Crippen LogP contribution in [0.5, 0.6) is 0 Å². The lowest BCUT2D eigenvalue weighted by molar-refractivity contribution is -0.121. The third-order valence-corrected chi connectivity index (χ3v) is 4.80. The van der Waals surface area contributed by atoms with Gasteiger partial charge in [-0.05, 0) is 25.3 Å². The lowest BCUT2D eigenvalue weighted by Crippen LogP contribution is -2.33. The average Bonchev–Trinajstić information content (AvgIpc) is 2.60. The molecule has 2 heteroatoms. The number of hydrogen-bond acceptors (Lipinski definition) is 1. The number of rotatable bonds is 15. The second kappa shape index (κ2) is 15.0. The van der Waals surface area contributed by atoms with Crippen LogP contribution in [-0.2, 0) is 11.2 Å². The van der Waals surface area contributed by atoms with Gasteiger partial charge < -0.3 is 5.32 Å². The third kappa shape index (κ3) is 12.7. The molecule has 0 bridgehead atoms. The quantitative estimate of drug-likeness (QED) is 0.364. The van der Waals surface area contributed by atoms with Gasteiger partial charge in [0.15, 0.2) is 0 Å². The van der Waals surface area contributed by atoms with Gasteiger partial charge in [-0.15, -0.1) is 0 Å². The topological polar surface area (TPSA) is 29.1 Å². The van der Waals surface area contributed by atoms with Gasteiger partial charge in [0, 0.05) is 12.5 Å². The highest BCUT2D eigenvalue weighted by Gasteiger charge is 2.07. The summed E-state index contributed by atoms with van der Waals surface area (Å²) >= 11 is 0. The van der Waals surface area contributed by atoms with E-state index in [9.17, 15) is 4.79 Å². The molecule has 0 aliphatic carbocycles. The Balaban J connectivity index is 1.91. The van der Waals surface area contributed by atoms with E-state index in [-0.39, 0.29) is 11.9 Å². The molecule has 0 heterocycles. The Morgan fingerprint density at radius 2 is 1.36 bits per heavy atom. The van der Waals surface area contributed by atoms with E-state index in [1.165, 1.54) is 69.8 Å². The SMILES string of the molecule is CCCCCCCCCCCCCC(=O)N[C@H](C)Cc1ccccc1. The number of carbonyl (C=O) groups excluding carboxylic acids is 1. The molecular weight excluding hydrogens is 306 g/mol. The zero-order valence-electron chi connectivity index (χ0n) is 16.6. The summed E-state index contributed by atoms with van der Waals surface area (Å²) in [4.78, 5) is 12.0. The van der Waals surface area contributed by atoms with E-state index in [2.05, 4.69) is 43.4 Å². The molecule has 0 aliphatic rings. The van der Waals surface area contributed by atoms with Crippen molar-refractivity contribution in [2.45, 2.75) is 103 Å². The number of hydrogen-bond donors (Lipinski definition) is 1. The van der Waals surface area contributed by atoms with Crippen LogP contribution in [0.15, 0.2) is 30.3 Å². The first-order valence-electron chi connectivity index (χ1n) is 10.6. The fourth-order valence-electron chi connectivity index (χ4n) is 3.32. The predicted octanol–water partition coefficient (Wildman–Crippen LogP) is 6.43. The van der Waals surface area contributed by atoms with Crippen LogP contribution in [0, 0.1) is 0 Å². The van der Waals surface area contributed by atoms with E-state index in [0.29, 0.717) is 6.42 Å². The van der Waals surface area contributed by atoms with E-state index < -0.39 is 0 Å². The maximum absolute atomic E-state index is 12.0. The normalized spacial score (nSPS) is 12.1. The van der Waals surface area contributed by atoms with Crippen LogP contribution in [0.25, 0.3) is 0 Å². The van der Waals surface area contributed by atoms with Crippen LogP contribution in [0.3, 0.4) is 0 Å². The lowest BCUT2D eigenvalue weighted by atomic mass is 10.0. The summed E-state index contributed by atoms with van der Waals surface area (Å²) in [5, 5.41) is 3.12. The van der Waals surface area contributed by atoms with Crippen molar-refractivity contribution in [3.63, 3.8) is 0 Å². The van der Waals surface area contributed by atoms with Crippen molar-refractivity contribution in [3.05, 3.63) is 35.9 Å². The van der Waals surface area contributed by atoms with Crippen molar-refractivity contribution < 1.29 is 4.79 Å². The van der Waals surface area contributed by atoms with E-state index in [1.807, 2.05) is 6.07 Å².